The number of nitro benzene ring substituents is 1. The van der Waals surface area contributed by atoms with Crippen molar-refractivity contribution in [1.29, 1.82) is 0 Å². The molecular formula is C6H7N3O6S2. The first-order chi connectivity index (χ1) is 7.53. The van der Waals surface area contributed by atoms with E-state index in [1.807, 2.05) is 0 Å². The van der Waals surface area contributed by atoms with Gasteiger partial charge in [-0.05, 0) is 12.1 Å². The van der Waals surface area contributed by atoms with Crippen LogP contribution in [-0.4, -0.2) is 21.8 Å². The predicted molar refractivity (Wildman–Crippen MR) is 55.8 cm³/mol. The zero-order valence-electron chi connectivity index (χ0n) is 8.10. The molecule has 0 fully saturated rings. The average Bonchev–Trinajstić information content (AvgIpc) is 2.14. The summed E-state index contributed by atoms with van der Waals surface area (Å²) in [4.78, 5) is 8.06. The van der Waals surface area contributed by atoms with E-state index >= 15 is 0 Å². The molecule has 0 radical (unpaired) electrons. The molecule has 94 valence electrons. The van der Waals surface area contributed by atoms with Crippen LogP contribution in [0.5, 0.6) is 0 Å². The molecule has 17 heavy (non-hydrogen) atoms. The summed E-state index contributed by atoms with van der Waals surface area (Å²) in [5.41, 5.74) is -0.820. The SMILES string of the molecule is NS(=O)(=O)c1ccc([N+](=O)[O-])c(S(N)(=O)=O)c1. The number of hydrogen-bond acceptors (Lipinski definition) is 6. The van der Waals surface area contributed by atoms with Crippen molar-refractivity contribution in [2.24, 2.45) is 10.3 Å². The summed E-state index contributed by atoms with van der Waals surface area (Å²) in [5.74, 6) is 0. The highest BCUT2D eigenvalue weighted by Gasteiger charge is 2.25. The number of hydrogen-bond donors (Lipinski definition) is 2. The molecule has 1 rings (SSSR count). The number of benzene rings is 1. The quantitative estimate of drug-likeness (QED) is 0.526. The lowest BCUT2D eigenvalue weighted by molar-refractivity contribution is -0.387. The van der Waals surface area contributed by atoms with Crippen LogP contribution in [0, 0.1) is 10.1 Å². The van der Waals surface area contributed by atoms with Gasteiger partial charge in [0.05, 0.1) is 9.82 Å². The molecule has 1 aromatic rings. The van der Waals surface area contributed by atoms with Crippen molar-refractivity contribution in [3.05, 3.63) is 28.3 Å². The third kappa shape index (κ3) is 2.97. The van der Waals surface area contributed by atoms with Gasteiger partial charge in [0.1, 0.15) is 0 Å². The van der Waals surface area contributed by atoms with Crippen LogP contribution in [0.2, 0.25) is 0 Å². The fraction of sp³-hybridized carbons (Fsp3) is 0. The van der Waals surface area contributed by atoms with Gasteiger partial charge in [0.2, 0.25) is 20.0 Å². The molecule has 4 N–H and O–H groups in total. The normalized spacial score (nSPS) is 12.4. The Balaban J connectivity index is 3.69. The highest BCUT2D eigenvalue weighted by molar-refractivity contribution is 7.90. The van der Waals surface area contributed by atoms with Gasteiger partial charge in [0.15, 0.2) is 4.90 Å². The molecule has 0 heterocycles. The van der Waals surface area contributed by atoms with Crippen LogP contribution in [0.15, 0.2) is 28.0 Å². The van der Waals surface area contributed by atoms with Gasteiger partial charge < -0.3 is 0 Å². The molecule has 0 bridgehead atoms. The van der Waals surface area contributed by atoms with Gasteiger partial charge in [0, 0.05) is 6.07 Å². The summed E-state index contributed by atoms with van der Waals surface area (Å²) in [7, 11) is -8.59. The molecule has 0 aliphatic heterocycles. The Bertz CT molecular complexity index is 678. The number of nitrogens with two attached hydrogens (primary N) is 2. The van der Waals surface area contributed by atoms with Crippen LogP contribution < -0.4 is 10.3 Å². The summed E-state index contributed by atoms with van der Waals surface area (Å²) in [6.07, 6.45) is 0. The largest absolute Gasteiger partial charge is 0.289 e. The van der Waals surface area contributed by atoms with E-state index in [4.69, 9.17) is 10.3 Å². The van der Waals surface area contributed by atoms with E-state index in [2.05, 4.69) is 0 Å². The Labute approximate surface area is 96.3 Å². The monoisotopic (exact) mass is 281 g/mol. The molecule has 0 aromatic heterocycles. The van der Waals surface area contributed by atoms with Gasteiger partial charge in [0.25, 0.3) is 5.69 Å². The third-order valence-corrected chi connectivity index (χ3v) is 3.61. The van der Waals surface area contributed by atoms with Gasteiger partial charge in [-0.1, -0.05) is 0 Å². The maximum Gasteiger partial charge on any atom is 0.289 e. The summed E-state index contributed by atoms with van der Waals surface area (Å²) >= 11 is 0. The molecule has 1 aromatic carbocycles. The number of rotatable bonds is 3. The standard InChI is InChI=1S/C6H7N3O6S2/c7-16(12,13)4-1-2-5(9(10)11)6(3-4)17(8,14)15/h1-3H,(H2,7,12,13)(H2,8,14,15). The summed E-state index contributed by atoms with van der Waals surface area (Å²) in [6.45, 7) is 0. The summed E-state index contributed by atoms with van der Waals surface area (Å²) in [5, 5.41) is 20.0. The molecule has 0 aliphatic rings. The Hall–Kier alpha value is -1.56. The van der Waals surface area contributed by atoms with E-state index in [0.717, 1.165) is 6.07 Å². The van der Waals surface area contributed by atoms with Gasteiger partial charge in [-0.25, -0.2) is 27.1 Å². The molecular weight excluding hydrogens is 274 g/mol. The molecule has 0 saturated heterocycles. The predicted octanol–water partition coefficient (Wildman–Crippen LogP) is -1.11. The van der Waals surface area contributed by atoms with E-state index in [-0.39, 0.29) is 0 Å². The van der Waals surface area contributed by atoms with Gasteiger partial charge in [-0.3, -0.25) is 10.1 Å². The minimum atomic E-state index is -4.42. The first-order valence-corrected chi connectivity index (χ1v) is 6.97. The lowest BCUT2D eigenvalue weighted by Gasteiger charge is -2.03. The average molecular weight is 281 g/mol. The number of nitro groups is 1. The second kappa shape index (κ2) is 4.03. The van der Waals surface area contributed by atoms with Gasteiger partial charge in [-0.2, -0.15) is 0 Å². The van der Waals surface area contributed by atoms with Crippen molar-refractivity contribution in [3.63, 3.8) is 0 Å². The second-order valence-corrected chi connectivity index (χ2v) is 6.07. The van der Waals surface area contributed by atoms with E-state index in [1.54, 1.807) is 0 Å². The number of primary sulfonamides is 2. The van der Waals surface area contributed by atoms with Crippen molar-refractivity contribution in [2.45, 2.75) is 9.79 Å². The molecule has 0 atom stereocenters. The molecule has 0 unspecified atom stereocenters. The first-order valence-electron chi connectivity index (χ1n) is 3.87. The second-order valence-electron chi connectivity index (χ2n) is 2.98. The van der Waals surface area contributed by atoms with Crippen LogP contribution in [0.4, 0.5) is 5.69 Å². The Kier molecular flexibility index (Phi) is 3.20. The zero-order valence-corrected chi connectivity index (χ0v) is 9.73. The molecule has 0 saturated carbocycles. The molecule has 9 nitrogen and oxygen atoms in total. The molecule has 0 spiro atoms. The van der Waals surface area contributed by atoms with E-state index < -0.39 is 40.4 Å². The van der Waals surface area contributed by atoms with Gasteiger partial charge in [-0.15, -0.1) is 0 Å². The van der Waals surface area contributed by atoms with E-state index in [9.17, 15) is 26.9 Å². The van der Waals surface area contributed by atoms with Crippen LogP contribution in [-0.2, 0) is 20.0 Å². The lowest BCUT2D eigenvalue weighted by atomic mass is 10.3. The summed E-state index contributed by atoms with van der Waals surface area (Å²) < 4.78 is 44.1. The van der Waals surface area contributed by atoms with Crippen LogP contribution >= 0.6 is 0 Å². The van der Waals surface area contributed by atoms with Crippen LogP contribution in [0.3, 0.4) is 0 Å². The lowest BCUT2D eigenvalue weighted by Crippen LogP contribution is -2.17. The maximum atomic E-state index is 11.1. The molecule has 0 aliphatic carbocycles. The first kappa shape index (κ1) is 13.5. The van der Waals surface area contributed by atoms with E-state index in [0.29, 0.717) is 12.1 Å². The van der Waals surface area contributed by atoms with Crippen LogP contribution in [0.25, 0.3) is 0 Å². The van der Waals surface area contributed by atoms with Crippen molar-refractivity contribution in [3.8, 4) is 0 Å². The van der Waals surface area contributed by atoms with Crippen molar-refractivity contribution < 1.29 is 21.8 Å². The minimum absolute atomic E-state index is 0.544. The number of sulfonamides is 2. The molecule has 0 amide bonds. The molecule has 11 heteroatoms. The van der Waals surface area contributed by atoms with E-state index in [1.165, 1.54) is 0 Å². The smallest absolute Gasteiger partial charge is 0.258 e. The zero-order chi connectivity index (χ0) is 13.4. The van der Waals surface area contributed by atoms with Crippen LogP contribution in [0.1, 0.15) is 0 Å². The highest BCUT2D eigenvalue weighted by atomic mass is 32.2. The summed E-state index contributed by atoms with van der Waals surface area (Å²) in [6, 6.07) is 2.07. The maximum absolute atomic E-state index is 11.1. The Morgan fingerprint density at radius 2 is 1.59 bits per heavy atom. The highest BCUT2D eigenvalue weighted by Crippen LogP contribution is 2.25. The Morgan fingerprint density at radius 3 is 1.94 bits per heavy atom. The number of nitrogens with zero attached hydrogens (tertiary/aromatic N) is 1. The Morgan fingerprint density at radius 1 is 1.06 bits per heavy atom. The van der Waals surface area contributed by atoms with Crippen molar-refractivity contribution in [2.75, 3.05) is 0 Å². The van der Waals surface area contributed by atoms with Gasteiger partial charge >= 0.3 is 0 Å². The minimum Gasteiger partial charge on any atom is -0.258 e. The third-order valence-electron chi connectivity index (χ3n) is 1.76. The fourth-order valence-corrected chi connectivity index (χ4v) is 2.39. The van der Waals surface area contributed by atoms with Crippen molar-refractivity contribution in [1.82, 2.24) is 0 Å². The topological polar surface area (TPSA) is 163 Å². The van der Waals surface area contributed by atoms with Crippen molar-refractivity contribution >= 4 is 25.7 Å². The fourth-order valence-electron chi connectivity index (χ4n) is 1.05.